The van der Waals surface area contributed by atoms with Gasteiger partial charge in [-0.3, -0.25) is 9.89 Å². The van der Waals surface area contributed by atoms with E-state index in [1.807, 2.05) is 13.1 Å². The Bertz CT molecular complexity index is 496. The van der Waals surface area contributed by atoms with Crippen molar-refractivity contribution in [2.45, 2.75) is 39.3 Å². The van der Waals surface area contributed by atoms with E-state index in [1.165, 1.54) is 18.4 Å². The van der Waals surface area contributed by atoms with Crippen LogP contribution in [0.25, 0.3) is 0 Å². The zero-order valence-electron chi connectivity index (χ0n) is 16.0. The molecule has 1 aliphatic heterocycles. The van der Waals surface area contributed by atoms with E-state index in [1.54, 1.807) is 0 Å². The average molecular weight is 347 g/mol. The van der Waals surface area contributed by atoms with Crippen molar-refractivity contribution in [1.29, 1.82) is 0 Å². The highest BCUT2D eigenvalue weighted by atomic mass is 16.5. The van der Waals surface area contributed by atoms with Crippen LogP contribution in [0, 0.1) is 5.92 Å². The number of rotatable bonds is 8. The molecule has 0 aromatic heterocycles. The minimum absolute atomic E-state index is 0.522. The molecular formula is C20H34N4O. The fourth-order valence-electron chi connectivity index (χ4n) is 3.54. The molecule has 1 heterocycles. The molecule has 1 aromatic rings. The van der Waals surface area contributed by atoms with E-state index in [0.29, 0.717) is 12.0 Å². The van der Waals surface area contributed by atoms with Crippen LogP contribution < -0.4 is 10.6 Å². The highest BCUT2D eigenvalue weighted by Crippen LogP contribution is 2.19. The number of nitrogens with zero attached hydrogens (tertiary/aromatic N) is 2. The molecule has 1 saturated heterocycles. The molecule has 0 amide bonds. The molecule has 2 rings (SSSR count). The summed E-state index contributed by atoms with van der Waals surface area (Å²) in [5.41, 5.74) is 1.26. The summed E-state index contributed by atoms with van der Waals surface area (Å²) in [4.78, 5) is 6.96. The number of aliphatic imine (C=N–C) groups is 1. The highest BCUT2D eigenvalue weighted by Gasteiger charge is 2.26. The Morgan fingerprint density at radius 2 is 1.80 bits per heavy atom. The van der Waals surface area contributed by atoms with Gasteiger partial charge in [0.1, 0.15) is 0 Å². The van der Waals surface area contributed by atoms with E-state index in [2.05, 4.69) is 58.6 Å². The number of hydrogen-bond acceptors (Lipinski definition) is 3. The maximum Gasteiger partial charge on any atom is 0.191 e. The van der Waals surface area contributed by atoms with Gasteiger partial charge in [-0.05, 0) is 11.5 Å². The van der Waals surface area contributed by atoms with Crippen molar-refractivity contribution in [1.82, 2.24) is 15.5 Å². The Morgan fingerprint density at radius 1 is 1.12 bits per heavy atom. The highest BCUT2D eigenvalue weighted by molar-refractivity contribution is 5.79. The molecule has 5 nitrogen and oxygen atoms in total. The van der Waals surface area contributed by atoms with Crippen molar-refractivity contribution in [3.63, 3.8) is 0 Å². The lowest BCUT2D eigenvalue weighted by Gasteiger charge is -2.39. The molecule has 0 radical (unpaired) electrons. The summed E-state index contributed by atoms with van der Waals surface area (Å²) in [7, 11) is 1.83. The van der Waals surface area contributed by atoms with Crippen LogP contribution in [0.3, 0.4) is 0 Å². The number of morpholine rings is 1. The summed E-state index contributed by atoms with van der Waals surface area (Å²) in [6, 6.07) is 10.9. The van der Waals surface area contributed by atoms with Crippen molar-refractivity contribution in [3.8, 4) is 0 Å². The quantitative estimate of drug-likeness (QED) is 0.561. The van der Waals surface area contributed by atoms with Gasteiger partial charge in [-0.1, -0.05) is 57.0 Å². The third-order valence-electron chi connectivity index (χ3n) is 5.11. The van der Waals surface area contributed by atoms with Crippen LogP contribution in [-0.2, 0) is 11.3 Å². The minimum Gasteiger partial charge on any atom is -0.379 e. The molecule has 1 atom stereocenters. The average Bonchev–Trinajstić information content (AvgIpc) is 2.68. The fraction of sp³-hybridized carbons (Fsp3) is 0.650. The maximum atomic E-state index is 5.53. The van der Waals surface area contributed by atoms with Gasteiger partial charge in [0.25, 0.3) is 0 Å². The summed E-state index contributed by atoms with van der Waals surface area (Å²) in [5, 5.41) is 6.96. The maximum absolute atomic E-state index is 5.53. The number of nitrogens with one attached hydrogen (secondary N) is 2. The molecule has 0 aliphatic carbocycles. The van der Waals surface area contributed by atoms with Gasteiger partial charge in [0.2, 0.25) is 0 Å². The van der Waals surface area contributed by atoms with Crippen molar-refractivity contribution in [2.24, 2.45) is 10.9 Å². The molecule has 0 saturated carbocycles. The summed E-state index contributed by atoms with van der Waals surface area (Å²) in [6.45, 7) is 10.0. The summed E-state index contributed by atoms with van der Waals surface area (Å²) < 4.78 is 5.53. The number of benzene rings is 1. The summed E-state index contributed by atoms with van der Waals surface area (Å²) in [5.74, 6) is 1.56. The Kier molecular flexibility index (Phi) is 8.77. The molecular weight excluding hydrogens is 312 g/mol. The van der Waals surface area contributed by atoms with Crippen molar-refractivity contribution in [2.75, 3.05) is 39.9 Å². The fourth-order valence-corrected chi connectivity index (χ4v) is 3.54. The second-order valence-electron chi connectivity index (χ2n) is 6.58. The van der Waals surface area contributed by atoms with Crippen LogP contribution in [0.15, 0.2) is 35.3 Å². The van der Waals surface area contributed by atoms with Crippen LogP contribution >= 0.6 is 0 Å². The SMILES string of the molecule is CCC(CC)C(CNC(=NC)NCc1ccccc1)N1CCOCC1. The van der Waals surface area contributed by atoms with Crippen LogP contribution in [0.1, 0.15) is 32.3 Å². The first-order valence-corrected chi connectivity index (χ1v) is 9.58. The smallest absolute Gasteiger partial charge is 0.191 e. The molecule has 25 heavy (non-hydrogen) atoms. The van der Waals surface area contributed by atoms with Crippen molar-refractivity contribution >= 4 is 5.96 Å². The number of guanidine groups is 1. The first kappa shape index (κ1) is 19.7. The lowest BCUT2D eigenvalue weighted by Crippen LogP contribution is -2.53. The van der Waals surface area contributed by atoms with Gasteiger partial charge in [0, 0.05) is 39.3 Å². The first-order chi connectivity index (χ1) is 12.3. The Labute approximate surface area is 152 Å². The van der Waals surface area contributed by atoms with Crippen LogP contribution in [0.2, 0.25) is 0 Å². The molecule has 140 valence electrons. The molecule has 1 unspecified atom stereocenters. The third kappa shape index (κ3) is 6.33. The monoisotopic (exact) mass is 346 g/mol. The van der Waals surface area contributed by atoms with E-state index in [-0.39, 0.29) is 0 Å². The normalized spacial score (nSPS) is 17.5. The van der Waals surface area contributed by atoms with Gasteiger partial charge in [-0.15, -0.1) is 0 Å². The van der Waals surface area contributed by atoms with E-state index in [9.17, 15) is 0 Å². The molecule has 1 fully saturated rings. The standard InChI is InChI=1S/C20H34N4O/c1-4-18(5-2)19(24-11-13-25-14-12-24)16-23-20(21-3)22-15-17-9-7-6-8-10-17/h6-10,18-19H,4-5,11-16H2,1-3H3,(H2,21,22,23). The lowest BCUT2D eigenvalue weighted by atomic mass is 9.92. The molecule has 0 spiro atoms. The van der Waals surface area contributed by atoms with E-state index >= 15 is 0 Å². The largest absolute Gasteiger partial charge is 0.379 e. The zero-order chi connectivity index (χ0) is 17.9. The van der Waals surface area contributed by atoms with Gasteiger partial charge in [-0.2, -0.15) is 0 Å². The Morgan fingerprint density at radius 3 is 2.40 bits per heavy atom. The van der Waals surface area contributed by atoms with Gasteiger partial charge < -0.3 is 15.4 Å². The zero-order valence-corrected chi connectivity index (χ0v) is 16.0. The van der Waals surface area contributed by atoms with Crippen molar-refractivity contribution < 1.29 is 4.74 Å². The molecule has 2 N–H and O–H groups in total. The van der Waals surface area contributed by atoms with Gasteiger partial charge in [-0.25, -0.2) is 0 Å². The third-order valence-corrected chi connectivity index (χ3v) is 5.11. The predicted molar refractivity (Wildman–Crippen MR) is 105 cm³/mol. The molecule has 0 bridgehead atoms. The van der Waals surface area contributed by atoms with E-state index in [4.69, 9.17) is 4.74 Å². The second kappa shape index (κ2) is 11.1. The molecule has 1 aliphatic rings. The Balaban J connectivity index is 1.90. The summed E-state index contributed by atoms with van der Waals surface area (Å²) >= 11 is 0. The van der Waals surface area contributed by atoms with Crippen molar-refractivity contribution in [3.05, 3.63) is 35.9 Å². The second-order valence-corrected chi connectivity index (χ2v) is 6.58. The number of hydrogen-bond donors (Lipinski definition) is 2. The minimum atomic E-state index is 0.522. The van der Waals surface area contributed by atoms with Gasteiger partial charge >= 0.3 is 0 Å². The van der Waals surface area contributed by atoms with Crippen LogP contribution in [0.5, 0.6) is 0 Å². The number of ether oxygens (including phenoxy) is 1. The first-order valence-electron chi connectivity index (χ1n) is 9.58. The molecule has 5 heteroatoms. The van der Waals surface area contributed by atoms with Gasteiger partial charge in [0.15, 0.2) is 5.96 Å². The lowest BCUT2D eigenvalue weighted by molar-refractivity contribution is 0.00272. The summed E-state index contributed by atoms with van der Waals surface area (Å²) in [6.07, 6.45) is 2.41. The Hall–Kier alpha value is -1.59. The molecule has 1 aromatic carbocycles. The topological polar surface area (TPSA) is 48.9 Å². The van der Waals surface area contributed by atoms with Crippen LogP contribution in [-0.4, -0.2) is 56.8 Å². The van der Waals surface area contributed by atoms with E-state index in [0.717, 1.165) is 45.4 Å². The van der Waals surface area contributed by atoms with E-state index < -0.39 is 0 Å². The van der Waals surface area contributed by atoms with Gasteiger partial charge in [0.05, 0.1) is 13.2 Å². The predicted octanol–water partition coefficient (Wildman–Crippen LogP) is 2.49. The van der Waals surface area contributed by atoms with Crippen LogP contribution in [0.4, 0.5) is 0 Å².